The predicted octanol–water partition coefficient (Wildman–Crippen LogP) is 2.20. The third-order valence-electron chi connectivity index (χ3n) is 3.06. The SMILES string of the molecule is CN(C)CCN1CCCCCCCC1. The quantitative estimate of drug-likeness (QED) is 0.686. The predicted molar refractivity (Wildman–Crippen MR) is 62.7 cm³/mol. The summed E-state index contributed by atoms with van der Waals surface area (Å²) < 4.78 is 0. The third-order valence-corrected chi connectivity index (χ3v) is 3.06. The van der Waals surface area contributed by atoms with Crippen LogP contribution in [0.5, 0.6) is 0 Å². The van der Waals surface area contributed by atoms with Gasteiger partial charge in [0, 0.05) is 13.1 Å². The van der Waals surface area contributed by atoms with Crippen molar-refractivity contribution >= 4 is 0 Å². The van der Waals surface area contributed by atoms with Crippen LogP contribution in [0.25, 0.3) is 0 Å². The van der Waals surface area contributed by atoms with Crippen molar-refractivity contribution in [1.29, 1.82) is 0 Å². The molecule has 0 aromatic heterocycles. The lowest BCUT2D eigenvalue weighted by molar-refractivity contribution is 0.237. The van der Waals surface area contributed by atoms with Gasteiger partial charge in [-0.15, -0.1) is 0 Å². The molecule has 0 aliphatic carbocycles. The molecule has 1 fully saturated rings. The molecule has 0 spiro atoms. The summed E-state index contributed by atoms with van der Waals surface area (Å²) in [5.74, 6) is 0. The normalized spacial score (nSPS) is 21.6. The number of rotatable bonds is 3. The molecule has 84 valence electrons. The van der Waals surface area contributed by atoms with E-state index in [0.717, 1.165) is 0 Å². The van der Waals surface area contributed by atoms with Gasteiger partial charge in [0.2, 0.25) is 0 Å². The lowest BCUT2D eigenvalue weighted by Gasteiger charge is -2.23. The third kappa shape index (κ3) is 5.61. The van der Waals surface area contributed by atoms with Crippen LogP contribution in [0, 0.1) is 0 Å². The molecule has 0 aromatic carbocycles. The van der Waals surface area contributed by atoms with Crippen LogP contribution in [-0.4, -0.2) is 50.1 Å². The van der Waals surface area contributed by atoms with E-state index in [4.69, 9.17) is 0 Å². The van der Waals surface area contributed by atoms with Gasteiger partial charge in [0.15, 0.2) is 0 Å². The van der Waals surface area contributed by atoms with Crippen molar-refractivity contribution in [2.75, 3.05) is 40.3 Å². The fraction of sp³-hybridized carbons (Fsp3) is 1.00. The molecule has 14 heavy (non-hydrogen) atoms. The summed E-state index contributed by atoms with van der Waals surface area (Å²) in [5, 5.41) is 0. The van der Waals surface area contributed by atoms with E-state index in [1.165, 1.54) is 64.7 Å². The first-order valence-corrected chi connectivity index (χ1v) is 6.16. The summed E-state index contributed by atoms with van der Waals surface area (Å²) in [4.78, 5) is 4.93. The molecule has 2 heteroatoms. The van der Waals surface area contributed by atoms with Crippen LogP contribution in [0.4, 0.5) is 0 Å². The highest BCUT2D eigenvalue weighted by Gasteiger charge is 2.06. The van der Waals surface area contributed by atoms with Crippen LogP contribution in [-0.2, 0) is 0 Å². The number of likely N-dealkylation sites (N-methyl/N-ethyl adjacent to an activating group) is 1. The zero-order valence-corrected chi connectivity index (χ0v) is 9.97. The van der Waals surface area contributed by atoms with Crippen molar-refractivity contribution in [3.8, 4) is 0 Å². The molecule has 0 unspecified atom stereocenters. The molecule has 0 N–H and O–H groups in total. The van der Waals surface area contributed by atoms with Gasteiger partial charge >= 0.3 is 0 Å². The highest BCUT2D eigenvalue weighted by Crippen LogP contribution is 2.10. The van der Waals surface area contributed by atoms with Crippen LogP contribution in [0.2, 0.25) is 0 Å². The minimum absolute atomic E-state index is 1.21. The van der Waals surface area contributed by atoms with Crippen molar-refractivity contribution in [2.45, 2.75) is 38.5 Å². The molecule has 0 amide bonds. The average molecular weight is 198 g/mol. The number of hydrogen-bond donors (Lipinski definition) is 0. The molecule has 1 heterocycles. The van der Waals surface area contributed by atoms with E-state index in [1.54, 1.807) is 0 Å². The molecule has 0 bridgehead atoms. The zero-order valence-electron chi connectivity index (χ0n) is 9.97. The largest absolute Gasteiger partial charge is 0.308 e. The lowest BCUT2D eigenvalue weighted by atomic mass is 10.1. The Morgan fingerprint density at radius 1 is 0.857 bits per heavy atom. The second-order valence-corrected chi connectivity index (χ2v) is 4.77. The first-order chi connectivity index (χ1) is 6.79. The van der Waals surface area contributed by atoms with Crippen LogP contribution in [0.15, 0.2) is 0 Å². The fourth-order valence-electron chi connectivity index (χ4n) is 2.05. The van der Waals surface area contributed by atoms with Gasteiger partial charge in [-0.3, -0.25) is 0 Å². The molecular weight excluding hydrogens is 172 g/mol. The first kappa shape index (κ1) is 12.0. The van der Waals surface area contributed by atoms with Gasteiger partial charge in [0.05, 0.1) is 0 Å². The van der Waals surface area contributed by atoms with Gasteiger partial charge in [-0.05, 0) is 40.0 Å². The van der Waals surface area contributed by atoms with Gasteiger partial charge in [-0.1, -0.05) is 25.7 Å². The van der Waals surface area contributed by atoms with Crippen LogP contribution in [0.1, 0.15) is 38.5 Å². The van der Waals surface area contributed by atoms with Crippen LogP contribution in [0.3, 0.4) is 0 Å². The van der Waals surface area contributed by atoms with Crippen molar-refractivity contribution in [2.24, 2.45) is 0 Å². The molecule has 1 rings (SSSR count). The Labute approximate surface area is 89.3 Å². The Bertz CT molecular complexity index is 124. The minimum Gasteiger partial charge on any atom is -0.308 e. The molecule has 0 aromatic rings. The summed E-state index contributed by atoms with van der Waals surface area (Å²) in [7, 11) is 4.33. The maximum atomic E-state index is 2.64. The van der Waals surface area contributed by atoms with Gasteiger partial charge in [0.25, 0.3) is 0 Å². The van der Waals surface area contributed by atoms with Crippen molar-refractivity contribution in [1.82, 2.24) is 9.80 Å². The number of nitrogens with zero attached hydrogens (tertiary/aromatic N) is 2. The second-order valence-electron chi connectivity index (χ2n) is 4.77. The summed E-state index contributed by atoms with van der Waals surface area (Å²) in [6.07, 6.45) is 8.63. The van der Waals surface area contributed by atoms with Gasteiger partial charge < -0.3 is 9.80 Å². The summed E-state index contributed by atoms with van der Waals surface area (Å²) >= 11 is 0. The van der Waals surface area contributed by atoms with E-state index < -0.39 is 0 Å². The molecule has 1 aliphatic rings. The Morgan fingerprint density at radius 3 is 1.86 bits per heavy atom. The highest BCUT2D eigenvalue weighted by atomic mass is 15.2. The van der Waals surface area contributed by atoms with Crippen molar-refractivity contribution in [3.05, 3.63) is 0 Å². The zero-order chi connectivity index (χ0) is 10.2. The Morgan fingerprint density at radius 2 is 1.36 bits per heavy atom. The Hall–Kier alpha value is -0.0800. The second kappa shape index (κ2) is 7.24. The monoisotopic (exact) mass is 198 g/mol. The Kier molecular flexibility index (Phi) is 6.20. The van der Waals surface area contributed by atoms with Gasteiger partial charge in [-0.2, -0.15) is 0 Å². The van der Waals surface area contributed by atoms with E-state index in [0.29, 0.717) is 0 Å². The summed E-state index contributed by atoms with van der Waals surface area (Å²) in [6.45, 7) is 5.12. The van der Waals surface area contributed by atoms with E-state index >= 15 is 0 Å². The molecule has 1 aliphatic heterocycles. The fourth-order valence-corrected chi connectivity index (χ4v) is 2.05. The molecule has 0 atom stereocenters. The maximum absolute atomic E-state index is 2.64. The van der Waals surface area contributed by atoms with E-state index in [9.17, 15) is 0 Å². The standard InChI is InChI=1S/C12H26N2/c1-13(2)11-12-14-9-7-5-3-4-6-8-10-14/h3-12H2,1-2H3. The minimum atomic E-state index is 1.21. The summed E-state index contributed by atoms with van der Waals surface area (Å²) in [6, 6.07) is 0. The van der Waals surface area contributed by atoms with Gasteiger partial charge in [-0.25, -0.2) is 0 Å². The van der Waals surface area contributed by atoms with Crippen molar-refractivity contribution in [3.63, 3.8) is 0 Å². The van der Waals surface area contributed by atoms with E-state index in [1.807, 2.05) is 0 Å². The van der Waals surface area contributed by atoms with E-state index in [-0.39, 0.29) is 0 Å². The highest BCUT2D eigenvalue weighted by molar-refractivity contribution is 4.62. The topological polar surface area (TPSA) is 6.48 Å². The average Bonchev–Trinajstić information content (AvgIpc) is 2.27. The smallest absolute Gasteiger partial charge is 0.0109 e. The van der Waals surface area contributed by atoms with Crippen LogP contribution < -0.4 is 0 Å². The van der Waals surface area contributed by atoms with Gasteiger partial charge in [0.1, 0.15) is 0 Å². The molecule has 0 saturated carbocycles. The Balaban J connectivity index is 2.18. The lowest BCUT2D eigenvalue weighted by Crippen LogP contribution is -2.33. The van der Waals surface area contributed by atoms with Crippen LogP contribution >= 0.6 is 0 Å². The first-order valence-electron chi connectivity index (χ1n) is 6.16. The molecule has 2 nitrogen and oxygen atoms in total. The molecule has 1 saturated heterocycles. The number of hydrogen-bond acceptors (Lipinski definition) is 2. The van der Waals surface area contributed by atoms with Crippen molar-refractivity contribution < 1.29 is 0 Å². The molecular formula is C12H26N2. The van der Waals surface area contributed by atoms with E-state index in [2.05, 4.69) is 23.9 Å². The summed E-state index contributed by atoms with van der Waals surface area (Å²) in [5.41, 5.74) is 0. The molecule has 0 radical (unpaired) electrons. The maximum Gasteiger partial charge on any atom is 0.0109 e.